The minimum Gasteiger partial charge on any atom is -0.507 e. The fourth-order valence-electron chi connectivity index (χ4n) is 1.32. The van der Waals surface area contributed by atoms with Crippen LogP contribution in [0.15, 0.2) is 18.2 Å². The number of nitrogens with zero attached hydrogens (tertiary/aromatic N) is 2. The third-order valence-corrected chi connectivity index (χ3v) is 2.44. The number of aromatic nitrogens is 3. The summed E-state index contributed by atoms with van der Waals surface area (Å²) in [5.74, 6) is 6.67. The second-order valence-electron chi connectivity index (χ2n) is 3.11. The number of benzene rings is 1. The zero-order valence-corrected chi connectivity index (χ0v) is 9.28. The number of nitrogen functional groups attached to an aromatic ring is 1. The van der Waals surface area contributed by atoms with Crippen LogP contribution >= 0.6 is 12.2 Å². The molecule has 16 heavy (non-hydrogen) atoms. The maximum Gasteiger partial charge on any atom is 0.214 e. The summed E-state index contributed by atoms with van der Waals surface area (Å²) < 4.78 is 6.51. The topological polar surface area (TPSA) is 89.1 Å². The van der Waals surface area contributed by atoms with Gasteiger partial charge in [-0.2, -0.15) is 5.10 Å². The van der Waals surface area contributed by atoms with Gasteiger partial charge in [-0.05, 0) is 30.4 Å². The van der Waals surface area contributed by atoms with Gasteiger partial charge in [-0.1, -0.05) is 0 Å². The largest absolute Gasteiger partial charge is 0.507 e. The zero-order chi connectivity index (χ0) is 11.7. The number of methoxy groups -OCH3 is 1. The van der Waals surface area contributed by atoms with Crippen LogP contribution in [0, 0.1) is 4.77 Å². The monoisotopic (exact) mass is 238 g/mol. The van der Waals surface area contributed by atoms with Crippen molar-refractivity contribution < 1.29 is 9.84 Å². The minimum atomic E-state index is 0.0569. The number of phenolic OH excluding ortho intramolecular Hbond substituents is 1. The van der Waals surface area contributed by atoms with Gasteiger partial charge in [0.1, 0.15) is 11.5 Å². The predicted molar refractivity (Wildman–Crippen MR) is 61.2 cm³/mol. The van der Waals surface area contributed by atoms with E-state index in [-0.39, 0.29) is 10.5 Å². The van der Waals surface area contributed by atoms with Crippen molar-refractivity contribution in [3.8, 4) is 22.9 Å². The highest BCUT2D eigenvalue weighted by Gasteiger charge is 2.12. The number of aromatic amines is 1. The molecule has 0 amide bonds. The molecule has 0 aliphatic heterocycles. The van der Waals surface area contributed by atoms with Crippen LogP contribution in [0.25, 0.3) is 11.4 Å². The molecule has 0 aliphatic carbocycles. The standard InChI is InChI=1S/C9H10N4O2S/c1-15-5-2-3-7(14)6(4-5)8-11-12-9(16)13(8)10/h2-4,14H,10H2,1H3,(H,12,16). The average Bonchev–Trinajstić information content (AvgIpc) is 2.61. The molecule has 0 saturated carbocycles. The number of nitrogens with one attached hydrogen (secondary N) is 1. The molecular weight excluding hydrogens is 228 g/mol. The molecule has 1 aromatic carbocycles. The molecule has 4 N–H and O–H groups in total. The number of rotatable bonds is 2. The van der Waals surface area contributed by atoms with E-state index in [0.29, 0.717) is 17.1 Å². The summed E-state index contributed by atoms with van der Waals surface area (Å²) in [6.07, 6.45) is 0. The molecule has 1 heterocycles. The zero-order valence-electron chi connectivity index (χ0n) is 8.47. The summed E-state index contributed by atoms with van der Waals surface area (Å²) in [5, 5.41) is 16.2. The van der Waals surface area contributed by atoms with Gasteiger partial charge in [0.2, 0.25) is 4.77 Å². The maximum absolute atomic E-state index is 9.71. The van der Waals surface area contributed by atoms with Crippen LogP contribution in [-0.4, -0.2) is 27.1 Å². The number of hydrogen-bond donors (Lipinski definition) is 3. The lowest BCUT2D eigenvalue weighted by Gasteiger charge is -2.05. The molecule has 0 bridgehead atoms. The number of hydrogen-bond acceptors (Lipinski definition) is 5. The van der Waals surface area contributed by atoms with Crippen LogP contribution in [0.5, 0.6) is 11.5 Å². The quantitative estimate of drug-likeness (QED) is 0.537. The molecule has 0 atom stereocenters. The molecule has 0 unspecified atom stereocenters. The van der Waals surface area contributed by atoms with E-state index >= 15 is 0 Å². The van der Waals surface area contributed by atoms with E-state index in [1.54, 1.807) is 12.1 Å². The Morgan fingerprint density at radius 3 is 2.88 bits per heavy atom. The normalized spacial score (nSPS) is 10.3. The van der Waals surface area contributed by atoms with E-state index in [9.17, 15) is 5.11 Å². The number of phenols is 1. The van der Waals surface area contributed by atoms with Crippen LogP contribution in [0.1, 0.15) is 0 Å². The van der Waals surface area contributed by atoms with Crippen molar-refractivity contribution in [2.24, 2.45) is 0 Å². The Morgan fingerprint density at radius 1 is 1.56 bits per heavy atom. The van der Waals surface area contributed by atoms with E-state index in [0.717, 1.165) is 0 Å². The first-order chi connectivity index (χ1) is 7.63. The van der Waals surface area contributed by atoms with Crippen molar-refractivity contribution >= 4 is 12.2 Å². The van der Waals surface area contributed by atoms with Crippen molar-refractivity contribution in [2.75, 3.05) is 13.0 Å². The number of ether oxygens (including phenoxy) is 1. The van der Waals surface area contributed by atoms with Gasteiger partial charge >= 0.3 is 0 Å². The first-order valence-corrected chi connectivity index (χ1v) is 4.84. The van der Waals surface area contributed by atoms with E-state index in [4.69, 9.17) is 22.8 Å². The predicted octanol–water partition coefficient (Wildman–Crippen LogP) is 1.04. The van der Waals surface area contributed by atoms with Gasteiger partial charge in [-0.15, -0.1) is 0 Å². The Bertz CT molecular complexity index is 575. The van der Waals surface area contributed by atoms with Crippen LogP contribution in [0.4, 0.5) is 0 Å². The maximum atomic E-state index is 9.71. The van der Waals surface area contributed by atoms with Gasteiger partial charge < -0.3 is 15.7 Å². The highest BCUT2D eigenvalue weighted by molar-refractivity contribution is 7.71. The van der Waals surface area contributed by atoms with Crippen molar-refractivity contribution in [3.05, 3.63) is 23.0 Å². The Balaban J connectivity index is 2.63. The SMILES string of the molecule is COc1ccc(O)c(-c2n[nH]c(=S)n2N)c1. The third kappa shape index (κ3) is 1.61. The summed E-state index contributed by atoms with van der Waals surface area (Å²) >= 11 is 4.89. The summed E-state index contributed by atoms with van der Waals surface area (Å²) in [4.78, 5) is 0. The number of aromatic hydroxyl groups is 1. The van der Waals surface area contributed by atoms with Gasteiger partial charge in [0.15, 0.2) is 5.82 Å². The Morgan fingerprint density at radius 2 is 2.31 bits per heavy atom. The Labute approximate surface area is 96.3 Å². The van der Waals surface area contributed by atoms with E-state index in [1.165, 1.54) is 17.9 Å². The van der Waals surface area contributed by atoms with Crippen LogP contribution in [-0.2, 0) is 0 Å². The molecule has 0 fully saturated rings. The summed E-state index contributed by atoms with van der Waals surface area (Å²) in [7, 11) is 1.54. The molecule has 0 saturated heterocycles. The fraction of sp³-hybridized carbons (Fsp3) is 0.111. The third-order valence-electron chi connectivity index (χ3n) is 2.15. The molecule has 2 rings (SSSR count). The lowest BCUT2D eigenvalue weighted by molar-refractivity contribution is 0.412. The van der Waals surface area contributed by atoms with Crippen LogP contribution in [0.3, 0.4) is 0 Å². The number of H-pyrrole nitrogens is 1. The molecule has 6 nitrogen and oxygen atoms in total. The van der Waals surface area contributed by atoms with Gasteiger partial charge in [0, 0.05) is 0 Å². The second kappa shape index (κ2) is 3.86. The average molecular weight is 238 g/mol. The Hall–Kier alpha value is -2.02. The Kier molecular flexibility index (Phi) is 2.53. The molecule has 1 aromatic heterocycles. The van der Waals surface area contributed by atoms with E-state index in [1.807, 2.05) is 0 Å². The van der Waals surface area contributed by atoms with Gasteiger partial charge in [-0.25, -0.2) is 9.77 Å². The molecule has 0 spiro atoms. The molecule has 2 aromatic rings. The van der Waals surface area contributed by atoms with E-state index < -0.39 is 0 Å². The minimum absolute atomic E-state index is 0.0569. The van der Waals surface area contributed by atoms with Gasteiger partial charge in [0.25, 0.3) is 0 Å². The first-order valence-electron chi connectivity index (χ1n) is 4.43. The molecular formula is C9H10N4O2S. The van der Waals surface area contributed by atoms with Crippen molar-refractivity contribution in [1.29, 1.82) is 0 Å². The van der Waals surface area contributed by atoms with Crippen molar-refractivity contribution in [1.82, 2.24) is 14.9 Å². The van der Waals surface area contributed by atoms with Crippen molar-refractivity contribution in [3.63, 3.8) is 0 Å². The highest BCUT2D eigenvalue weighted by atomic mass is 32.1. The first kappa shape index (κ1) is 10.5. The van der Waals surface area contributed by atoms with Gasteiger partial charge in [0.05, 0.1) is 12.7 Å². The van der Waals surface area contributed by atoms with E-state index in [2.05, 4.69) is 10.2 Å². The highest BCUT2D eigenvalue weighted by Crippen LogP contribution is 2.30. The molecule has 84 valence electrons. The lowest BCUT2D eigenvalue weighted by atomic mass is 10.2. The molecule has 0 radical (unpaired) electrons. The molecule has 0 aliphatic rings. The smallest absolute Gasteiger partial charge is 0.214 e. The second-order valence-corrected chi connectivity index (χ2v) is 3.49. The van der Waals surface area contributed by atoms with Crippen LogP contribution < -0.4 is 10.6 Å². The fourth-order valence-corrected chi connectivity index (χ4v) is 1.45. The van der Waals surface area contributed by atoms with Crippen molar-refractivity contribution in [2.45, 2.75) is 0 Å². The lowest BCUT2D eigenvalue weighted by Crippen LogP contribution is -2.10. The van der Waals surface area contributed by atoms with Gasteiger partial charge in [-0.3, -0.25) is 0 Å². The summed E-state index contributed by atoms with van der Waals surface area (Å²) in [6, 6.07) is 4.77. The molecule has 7 heteroatoms. The summed E-state index contributed by atoms with van der Waals surface area (Å²) in [6.45, 7) is 0. The number of nitrogens with two attached hydrogens (primary N) is 1. The summed E-state index contributed by atoms with van der Waals surface area (Å²) in [5.41, 5.74) is 0.453. The van der Waals surface area contributed by atoms with Crippen LogP contribution in [0.2, 0.25) is 0 Å².